The molecular weight excluding hydrogens is 404 g/mol. The summed E-state index contributed by atoms with van der Waals surface area (Å²) in [7, 11) is 0. The summed E-state index contributed by atoms with van der Waals surface area (Å²) in [5.41, 5.74) is 2.36. The molecule has 2 aromatic carbocycles. The second-order valence-electron chi connectivity index (χ2n) is 8.72. The van der Waals surface area contributed by atoms with E-state index in [1.54, 1.807) is 0 Å². The summed E-state index contributed by atoms with van der Waals surface area (Å²) in [6.45, 7) is 5.87. The molecule has 174 valence electrons. The third-order valence-electron chi connectivity index (χ3n) is 6.11. The minimum Gasteiger partial charge on any atom is -0.494 e. The molecule has 2 heterocycles. The molecule has 2 fully saturated rings. The third kappa shape index (κ3) is 6.47. The minimum atomic E-state index is -0.726. The van der Waals surface area contributed by atoms with Crippen LogP contribution in [-0.2, 0) is 14.2 Å². The van der Waals surface area contributed by atoms with Gasteiger partial charge in [-0.05, 0) is 67.5 Å². The lowest BCUT2D eigenvalue weighted by molar-refractivity contribution is -0.390. The molecule has 0 aliphatic carbocycles. The van der Waals surface area contributed by atoms with Gasteiger partial charge in [0.05, 0.1) is 33.0 Å². The lowest BCUT2D eigenvalue weighted by Gasteiger charge is -2.36. The van der Waals surface area contributed by atoms with E-state index in [2.05, 4.69) is 31.2 Å². The van der Waals surface area contributed by atoms with E-state index in [-0.39, 0.29) is 0 Å². The Morgan fingerprint density at radius 1 is 0.781 bits per heavy atom. The molecule has 2 saturated heterocycles. The normalized spacial score (nSPS) is 22.8. The van der Waals surface area contributed by atoms with Crippen LogP contribution in [0.2, 0.25) is 0 Å². The minimum absolute atomic E-state index is 0.451. The van der Waals surface area contributed by atoms with E-state index in [0.29, 0.717) is 5.92 Å². The van der Waals surface area contributed by atoms with Crippen LogP contribution < -0.4 is 9.47 Å². The van der Waals surface area contributed by atoms with Crippen molar-refractivity contribution in [3.63, 3.8) is 0 Å². The molecule has 2 aliphatic heterocycles. The predicted octanol–water partition coefficient (Wildman–Crippen LogP) is 6.21. The molecule has 4 rings (SSSR count). The van der Waals surface area contributed by atoms with E-state index in [4.69, 9.17) is 23.7 Å². The fourth-order valence-corrected chi connectivity index (χ4v) is 4.11. The van der Waals surface area contributed by atoms with E-state index in [1.807, 2.05) is 24.3 Å². The van der Waals surface area contributed by atoms with Crippen molar-refractivity contribution in [3.8, 4) is 22.6 Å². The van der Waals surface area contributed by atoms with Gasteiger partial charge in [-0.3, -0.25) is 0 Å². The highest BCUT2D eigenvalue weighted by Gasteiger charge is 2.41. The zero-order valence-electron chi connectivity index (χ0n) is 19.2. The largest absolute Gasteiger partial charge is 0.494 e. The quantitative estimate of drug-likeness (QED) is 0.389. The summed E-state index contributed by atoms with van der Waals surface area (Å²) in [5, 5.41) is 0. The van der Waals surface area contributed by atoms with Crippen LogP contribution in [0.3, 0.4) is 0 Å². The average Bonchev–Trinajstić information content (AvgIpc) is 3.29. The number of hydrogen-bond acceptors (Lipinski definition) is 5. The zero-order valence-corrected chi connectivity index (χ0v) is 19.2. The van der Waals surface area contributed by atoms with Crippen LogP contribution in [0.25, 0.3) is 11.1 Å². The lowest BCUT2D eigenvalue weighted by Crippen LogP contribution is -2.43. The van der Waals surface area contributed by atoms with Crippen molar-refractivity contribution in [2.75, 3.05) is 33.0 Å². The molecule has 2 aromatic rings. The SMILES string of the molecule is CCCCOc1ccc(-c2ccc(OCCCCC3COC4(CCCO4)OC3)cc2)cc1. The van der Waals surface area contributed by atoms with Crippen molar-refractivity contribution in [1.29, 1.82) is 0 Å². The smallest absolute Gasteiger partial charge is 0.282 e. The second-order valence-corrected chi connectivity index (χ2v) is 8.72. The van der Waals surface area contributed by atoms with Gasteiger partial charge in [0.25, 0.3) is 5.97 Å². The molecule has 0 saturated carbocycles. The first-order valence-corrected chi connectivity index (χ1v) is 12.1. The molecule has 0 N–H and O–H groups in total. The first-order valence-electron chi connectivity index (χ1n) is 12.1. The Morgan fingerprint density at radius 3 is 1.91 bits per heavy atom. The molecule has 5 nitrogen and oxygen atoms in total. The molecule has 0 unspecified atom stereocenters. The Kier molecular flexibility index (Phi) is 8.43. The molecule has 0 amide bonds. The van der Waals surface area contributed by atoms with Crippen molar-refractivity contribution in [3.05, 3.63) is 48.5 Å². The Bertz CT molecular complexity index is 786. The zero-order chi connectivity index (χ0) is 22.1. The van der Waals surface area contributed by atoms with Gasteiger partial charge in [0.2, 0.25) is 0 Å². The highest BCUT2D eigenvalue weighted by molar-refractivity contribution is 5.64. The van der Waals surface area contributed by atoms with Crippen LogP contribution in [0.1, 0.15) is 51.9 Å². The first kappa shape index (κ1) is 23.1. The summed E-state index contributed by atoms with van der Waals surface area (Å²) in [6, 6.07) is 16.6. The van der Waals surface area contributed by atoms with Crippen molar-refractivity contribution in [2.24, 2.45) is 5.92 Å². The Balaban J connectivity index is 1.12. The van der Waals surface area contributed by atoms with E-state index in [1.165, 1.54) is 11.1 Å². The Labute approximate surface area is 192 Å². The van der Waals surface area contributed by atoms with Gasteiger partial charge >= 0.3 is 0 Å². The van der Waals surface area contributed by atoms with E-state index >= 15 is 0 Å². The summed E-state index contributed by atoms with van der Waals surface area (Å²) in [4.78, 5) is 0. The van der Waals surface area contributed by atoms with Crippen LogP contribution in [0, 0.1) is 5.92 Å². The van der Waals surface area contributed by atoms with Crippen molar-refractivity contribution < 1.29 is 23.7 Å². The summed E-state index contributed by atoms with van der Waals surface area (Å²) < 4.78 is 29.0. The van der Waals surface area contributed by atoms with Crippen molar-refractivity contribution >= 4 is 0 Å². The van der Waals surface area contributed by atoms with E-state index < -0.39 is 5.97 Å². The van der Waals surface area contributed by atoms with Crippen LogP contribution in [0.5, 0.6) is 11.5 Å². The average molecular weight is 441 g/mol. The Morgan fingerprint density at radius 2 is 1.38 bits per heavy atom. The molecule has 5 heteroatoms. The van der Waals surface area contributed by atoms with E-state index in [0.717, 1.165) is 89.5 Å². The van der Waals surface area contributed by atoms with Gasteiger partial charge in [-0.25, -0.2) is 0 Å². The van der Waals surface area contributed by atoms with Gasteiger partial charge in [-0.1, -0.05) is 37.6 Å². The van der Waals surface area contributed by atoms with Crippen LogP contribution in [0.15, 0.2) is 48.5 Å². The standard InChI is InChI=1S/C27H36O5/c1-2-3-17-28-25-12-8-23(9-13-25)24-10-14-26(15-11-24)29-18-5-4-7-22-20-31-27(32-21-22)16-6-19-30-27/h8-15,22H,2-7,16-21H2,1H3. The topological polar surface area (TPSA) is 46.2 Å². The summed E-state index contributed by atoms with van der Waals surface area (Å²) in [5.74, 6) is 1.57. The van der Waals surface area contributed by atoms with Gasteiger partial charge in [-0.15, -0.1) is 0 Å². The number of benzene rings is 2. The molecule has 1 spiro atoms. The fraction of sp³-hybridized carbons (Fsp3) is 0.556. The van der Waals surface area contributed by atoms with Gasteiger partial charge in [0, 0.05) is 12.3 Å². The predicted molar refractivity (Wildman–Crippen MR) is 125 cm³/mol. The molecule has 0 atom stereocenters. The number of rotatable bonds is 11. The number of hydrogen-bond donors (Lipinski definition) is 0. The van der Waals surface area contributed by atoms with E-state index in [9.17, 15) is 0 Å². The molecule has 32 heavy (non-hydrogen) atoms. The second kappa shape index (κ2) is 11.7. The molecule has 2 aliphatic rings. The summed E-state index contributed by atoms with van der Waals surface area (Å²) >= 11 is 0. The highest BCUT2D eigenvalue weighted by Crippen LogP contribution is 2.33. The van der Waals surface area contributed by atoms with Gasteiger partial charge in [0.15, 0.2) is 0 Å². The highest BCUT2D eigenvalue weighted by atomic mass is 16.9. The molecule has 0 bridgehead atoms. The number of unbranched alkanes of at least 4 members (excludes halogenated alkanes) is 2. The molecule has 0 aromatic heterocycles. The summed E-state index contributed by atoms with van der Waals surface area (Å²) in [6.07, 6.45) is 7.33. The van der Waals surface area contributed by atoms with Gasteiger partial charge in [0.1, 0.15) is 11.5 Å². The molecular formula is C27H36O5. The van der Waals surface area contributed by atoms with Crippen LogP contribution in [0.4, 0.5) is 0 Å². The fourth-order valence-electron chi connectivity index (χ4n) is 4.11. The van der Waals surface area contributed by atoms with Gasteiger partial charge < -0.3 is 23.7 Å². The van der Waals surface area contributed by atoms with Crippen molar-refractivity contribution in [2.45, 2.75) is 57.8 Å². The van der Waals surface area contributed by atoms with Crippen molar-refractivity contribution in [1.82, 2.24) is 0 Å². The van der Waals surface area contributed by atoms with Crippen LogP contribution in [-0.4, -0.2) is 39.0 Å². The number of ether oxygens (including phenoxy) is 5. The monoisotopic (exact) mass is 440 g/mol. The maximum absolute atomic E-state index is 5.93. The molecule has 0 radical (unpaired) electrons. The van der Waals surface area contributed by atoms with Gasteiger partial charge in [-0.2, -0.15) is 0 Å². The maximum atomic E-state index is 5.93. The Hall–Kier alpha value is -2.08. The first-order chi connectivity index (χ1) is 15.8. The lowest BCUT2D eigenvalue weighted by atomic mass is 10.0. The van der Waals surface area contributed by atoms with Crippen LogP contribution >= 0.6 is 0 Å². The third-order valence-corrected chi connectivity index (χ3v) is 6.11. The maximum Gasteiger partial charge on any atom is 0.282 e.